The molecule has 2 rings (SSSR count). The van der Waals surface area contributed by atoms with Gasteiger partial charge in [-0.15, -0.1) is 0 Å². The molecule has 4 nitrogen and oxygen atoms in total. The fourth-order valence-electron chi connectivity index (χ4n) is 1.99. The molecule has 0 radical (unpaired) electrons. The molecule has 0 aliphatic carbocycles. The van der Waals surface area contributed by atoms with Crippen molar-refractivity contribution < 1.29 is 14.3 Å². The number of imide groups is 1. The largest absolute Gasteiger partial charge is 0.494 e. The number of carbonyl (C=O) groups excluding carboxylic acids is 2. The molecule has 0 spiro atoms. The van der Waals surface area contributed by atoms with Crippen molar-refractivity contribution in [1.82, 2.24) is 4.90 Å². The quantitative estimate of drug-likeness (QED) is 0.590. The molecule has 0 atom stereocenters. The highest BCUT2D eigenvalue weighted by Crippen LogP contribution is 2.14. The zero-order valence-electron chi connectivity index (χ0n) is 10.5. The van der Waals surface area contributed by atoms with Crippen LogP contribution in [0.4, 0.5) is 0 Å². The molecule has 2 amide bonds. The third-order valence-electron chi connectivity index (χ3n) is 2.94. The monoisotopic (exact) mass is 247 g/mol. The zero-order chi connectivity index (χ0) is 13.0. The maximum absolute atomic E-state index is 11.4. The molecule has 1 aromatic carbocycles. The van der Waals surface area contributed by atoms with Crippen LogP contribution in [0.25, 0.3) is 0 Å². The molecule has 0 aromatic heterocycles. The van der Waals surface area contributed by atoms with Gasteiger partial charge in [-0.1, -0.05) is 12.1 Å². The molecule has 1 saturated heterocycles. The number of carbonyl (C=O) groups is 2. The minimum absolute atomic E-state index is 0.0597. The SMILES string of the molecule is Cc1cccc(OCCCN2C(=O)CCC2=O)c1. The van der Waals surface area contributed by atoms with Crippen molar-refractivity contribution >= 4 is 11.8 Å². The Morgan fingerprint density at radius 2 is 1.94 bits per heavy atom. The molecular weight excluding hydrogens is 230 g/mol. The average molecular weight is 247 g/mol. The van der Waals surface area contributed by atoms with Crippen LogP contribution in [0.1, 0.15) is 24.8 Å². The van der Waals surface area contributed by atoms with Crippen LogP contribution in [0.15, 0.2) is 24.3 Å². The van der Waals surface area contributed by atoms with Crippen molar-refractivity contribution in [3.05, 3.63) is 29.8 Å². The molecule has 18 heavy (non-hydrogen) atoms. The Labute approximate surface area is 107 Å². The van der Waals surface area contributed by atoms with Crippen LogP contribution in [0.3, 0.4) is 0 Å². The third-order valence-corrected chi connectivity index (χ3v) is 2.94. The summed E-state index contributed by atoms with van der Waals surface area (Å²) in [5, 5.41) is 0. The second kappa shape index (κ2) is 5.67. The summed E-state index contributed by atoms with van der Waals surface area (Å²) in [4.78, 5) is 24.0. The second-order valence-electron chi connectivity index (χ2n) is 4.46. The van der Waals surface area contributed by atoms with Crippen molar-refractivity contribution in [3.8, 4) is 5.75 Å². The van der Waals surface area contributed by atoms with Crippen LogP contribution in [0.2, 0.25) is 0 Å². The minimum Gasteiger partial charge on any atom is -0.494 e. The number of aryl methyl sites for hydroxylation is 1. The third kappa shape index (κ3) is 3.09. The summed E-state index contributed by atoms with van der Waals surface area (Å²) < 4.78 is 5.57. The van der Waals surface area contributed by atoms with E-state index in [0.29, 0.717) is 32.4 Å². The number of hydrogen-bond donors (Lipinski definition) is 0. The molecule has 1 fully saturated rings. The van der Waals surface area contributed by atoms with Crippen molar-refractivity contribution in [3.63, 3.8) is 0 Å². The van der Waals surface area contributed by atoms with Gasteiger partial charge in [0.25, 0.3) is 0 Å². The Morgan fingerprint density at radius 3 is 2.61 bits per heavy atom. The number of hydrogen-bond acceptors (Lipinski definition) is 3. The van der Waals surface area contributed by atoms with Crippen LogP contribution in [-0.4, -0.2) is 29.9 Å². The van der Waals surface area contributed by atoms with E-state index in [1.54, 1.807) is 0 Å². The van der Waals surface area contributed by atoms with Gasteiger partial charge in [0, 0.05) is 19.4 Å². The summed E-state index contributed by atoms with van der Waals surface area (Å²) in [6.45, 7) is 2.98. The van der Waals surface area contributed by atoms with Crippen LogP contribution >= 0.6 is 0 Å². The maximum atomic E-state index is 11.4. The molecule has 1 aliphatic heterocycles. The Morgan fingerprint density at radius 1 is 1.22 bits per heavy atom. The van der Waals surface area contributed by atoms with Gasteiger partial charge in [0.15, 0.2) is 0 Å². The van der Waals surface area contributed by atoms with Crippen LogP contribution in [0.5, 0.6) is 5.75 Å². The van der Waals surface area contributed by atoms with Crippen molar-refractivity contribution in [2.75, 3.05) is 13.2 Å². The predicted octanol–water partition coefficient (Wildman–Crippen LogP) is 1.91. The summed E-state index contributed by atoms with van der Waals surface area (Å²) in [7, 11) is 0. The first kappa shape index (κ1) is 12.6. The Hall–Kier alpha value is -1.84. The fraction of sp³-hybridized carbons (Fsp3) is 0.429. The normalized spacial score (nSPS) is 15.3. The second-order valence-corrected chi connectivity index (χ2v) is 4.46. The lowest BCUT2D eigenvalue weighted by atomic mass is 10.2. The summed E-state index contributed by atoms with van der Waals surface area (Å²) >= 11 is 0. The lowest BCUT2D eigenvalue weighted by Gasteiger charge is -2.13. The molecule has 1 heterocycles. The number of rotatable bonds is 5. The molecule has 0 unspecified atom stereocenters. The van der Waals surface area contributed by atoms with Gasteiger partial charge in [0.2, 0.25) is 11.8 Å². The van der Waals surface area contributed by atoms with Crippen LogP contribution in [-0.2, 0) is 9.59 Å². The molecule has 0 bridgehead atoms. The van der Waals surface area contributed by atoms with E-state index in [-0.39, 0.29) is 11.8 Å². The van der Waals surface area contributed by atoms with Gasteiger partial charge in [-0.25, -0.2) is 0 Å². The lowest BCUT2D eigenvalue weighted by Crippen LogP contribution is -2.30. The first-order valence-electron chi connectivity index (χ1n) is 6.19. The van der Waals surface area contributed by atoms with Crippen LogP contribution in [0, 0.1) is 6.92 Å². The first-order valence-corrected chi connectivity index (χ1v) is 6.19. The molecule has 0 saturated carbocycles. The average Bonchev–Trinajstić information content (AvgIpc) is 2.66. The highest BCUT2D eigenvalue weighted by atomic mass is 16.5. The van der Waals surface area contributed by atoms with E-state index < -0.39 is 0 Å². The van der Waals surface area contributed by atoms with Gasteiger partial charge in [0.05, 0.1) is 6.61 Å². The van der Waals surface area contributed by atoms with E-state index in [2.05, 4.69) is 0 Å². The van der Waals surface area contributed by atoms with E-state index in [1.807, 2.05) is 31.2 Å². The van der Waals surface area contributed by atoms with Crippen molar-refractivity contribution in [1.29, 1.82) is 0 Å². The predicted molar refractivity (Wildman–Crippen MR) is 67.2 cm³/mol. The smallest absolute Gasteiger partial charge is 0.229 e. The molecule has 0 N–H and O–H groups in total. The van der Waals surface area contributed by atoms with E-state index in [4.69, 9.17) is 4.74 Å². The zero-order valence-corrected chi connectivity index (χ0v) is 10.5. The summed E-state index contributed by atoms with van der Waals surface area (Å²) in [5.74, 6) is 0.709. The standard InChI is InChI=1S/C14H17NO3/c1-11-4-2-5-12(10-11)18-9-3-8-15-13(16)6-7-14(15)17/h2,4-5,10H,3,6-9H2,1H3. The van der Waals surface area contributed by atoms with E-state index >= 15 is 0 Å². The number of nitrogens with zero attached hydrogens (tertiary/aromatic N) is 1. The van der Waals surface area contributed by atoms with Gasteiger partial charge in [-0.2, -0.15) is 0 Å². The molecule has 1 aliphatic rings. The Balaban J connectivity index is 1.73. The highest BCUT2D eigenvalue weighted by molar-refractivity contribution is 6.01. The van der Waals surface area contributed by atoms with E-state index in [9.17, 15) is 9.59 Å². The van der Waals surface area contributed by atoms with Crippen molar-refractivity contribution in [2.45, 2.75) is 26.2 Å². The van der Waals surface area contributed by atoms with Gasteiger partial charge < -0.3 is 4.74 Å². The van der Waals surface area contributed by atoms with Gasteiger partial charge in [0.1, 0.15) is 5.75 Å². The summed E-state index contributed by atoms with van der Waals surface area (Å²) in [6, 6.07) is 7.82. The van der Waals surface area contributed by atoms with Gasteiger partial charge in [-0.05, 0) is 31.0 Å². The number of ether oxygens (including phenoxy) is 1. The maximum Gasteiger partial charge on any atom is 0.229 e. The lowest BCUT2D eigenvalue weighted by molar-refractivity contribution is -0.138. The molecular formula is C14H17NO3. The molecule has 96 valence electrons. The van der Waals surface area contributed by atoms with E-state index in [0.717, 1.165) is 11.3 Å². The highest BCUT2D eigenvalue weighted by Gasteiger charge is 2.27. The molecule has 1 aromatic rings. The summed E-state index contributed by atoms with van der Waals surface area (Å²) in [5.41, 5.74) is 1.15. The number of amides is 2. The number of likely N-dealkylation sites (tertiary alicyclic amines) is 1. The minimum atomic E-state index is -0.0597. The Kier molecular flexibility index (Phi) is 3.97. The topological polar surface area (TPSA) is 46.6 Å². The number of benzene rings is 1. The first-order chi connectivity index (χ1) is 8.66. The van der Waals surface area contributed by atoms with Crippen LogP contribution < -0.4 is 4.74 Å². The van der Waals surface area contributed by atoms with Gasteiger partial charge >= 0.3 is 0 Å². The van der Waals surface area contributed by atoms with Crippen molar-refractivity contribution in [2.24, 2.45) is 0 Å². The Bertz CT molecular complexity index is 440. The molecule has 4 heteroatoms. The van der Waals surface area contributed by atoms with Gasteiger partial charge in [-0.3, -0.25) is 14.5 Å². The fourth-order valence-corrected chi connectivity index (χ4v) is 1.99. The summed E-state index contributed by atoms with van der Waals surface area (Å²) in [6.07, 6.45) is 1.39. The van der Waals surface area contributed by atoms with E-state index in [1.165, 1.54) is 4.90 Å².